The van der Waals surface area contributed by atoms with E-state index in [0.717, 1.165) is 7.11 Å². The summed E-state index contributed by atoms with van der Waals surface area (Å²) in [5, 5.41) is 0. The number of aromatic nitrogens is 8. The van der Waals surface area contributed by atoms with Gasteiger partial charge in [-0.25, -0.2) is 39.0 Å². The van der Waals surface area contributed by atoms with Crippen LogP contribution in [0.5, 0.6) is 0 Å². The molecule has 0 radical (unpaired) electrons. The second-order valence-corrected chi connectivity index (χ2v) is 16.3. The lowest BCUT2D eigenvalue weighted by Gasteiger charge is -2.27. The van der Waals surface area contributed by atoms with Crippen molar-refractivity contribution in [1.29, 1.82) is 0 Å². The fourth-order valence-electron chi connectivity index (χ4n) is 6.54. The highest BCUT2D eigenvalue weighted by atomic mass is 31.2. The molecule has 10 N–H and O–H groups in total. The number of nitrogens with two attached hydrogens (primary N) is 4. The molecule has 0 aromatic carbocycles. The maximum Gasteiger partial charge on any atom is 0.472 e. The summed E-state index contributed by atoms with van der Waals surface area (Å²) in [6, 6.07) is 0. The summed E-state index contributed by atoms with van der Waals surface area (Å²) >= 11 is 0. The number of phosphoric acid groups is 2. The molecule has 2 aliphatic rings. The standard InChI is InChI=1S/C32H52N12O17P2/c1-49-11-19-23(25(55-17-53-9-7-51-5-3-33)31(58-19)43-15-41-21-27(35)37-13-39-29(21)43)61-63(47,48)57-12-20-24(60-62(45,46)50-2)26(56-18-54-10-8-52-6-4-34)32(59-20)44-16-42-22-28(36)38-14-40-30(22)44/h13-16,19-20,23-26,31-32H,3-12,17-18,33-34H2,1-2H3,(H,45,46)(H,47,48)(H2,35,37,39)(H2,36,38,40)/t19-,20-,23?,24?,25+,26+,31-,32-/m1/s1. The van der Waals surface area contributed by atoms with Gasteiger partial charge >= 0.3 is 15.6 Å². The minimum atomic E-state index is -5.18. The predicted octanol–water partition coefficient (Wildman–Crippen LogP) is -1.42. The molecule has 0 spiro atoms. The SMILES string of the molecule is COC[C@H]1O[C@@H](n2cnc3c(N)ncnc32)[C@@H](OCOCCOCCN)C1OP(=O)(O)OC[C@H]1O[C@@H](n2cnc3c(N)ncnc32)[C@@H](OCOCCOCCN)C1OP(=O)(O)OC. The minimum absolute atomic E-state index is 0.0502. The van der Waals surface area contributed by atoms with Gasteiger partial charge in [0.25, 0.3) is 0 Å². The number of imidazole rings is 2. The summed E-state index contributed by atoms with van der Waals surface area (Å²) < 4.78 is 103. The number of rotatable bonds is 28. The van der Waals surface area contributed by atoms with E-state index in [-0.39, 0.29) is 73.8 Å². The van der Waals surface area contributed by atoms with Gasteiger partial charge in [0.1, 0.15) is 73.9 Å². The number of fused-ring (bicyclic) bond motifs is 2. The first-order chi connectivity index (χ1) is 30.4. The van der Waals surface area contributed by atoms with E-state index in [4.69, 9.17) is 83.7 Å². The molecule has 352 valence electrons. The van der Waals surface area contributed by atoms with Crippen LogP contribution in [-0.2, 0) is 69.9 Å². The van der Waals surface area contributed by atoms with E-state index in [1.807, 2.05) is 0 Å². The van der Waals surface area contributed by atoms with Crippen LogP contribution in [0.1, 0.15) is 12.5 Å². The summed E-state index contributed by atoms with van der Waals surface area (Å²) in [6.07, 6.45) is -5.21. The first-order valence-electron chi connectivity index (χ1n) is 19.2. The van der Waals surface area contributed by atoms with Crippen LogP contribution in [0.3, 0.4) is 0 Å². The number of phosphoric ester groups is 2. The van der Waals surface area contributed by atoms with Gasteiger partial charge in [-0.3, -0.25) is 27.2 Å². The van der Waals surface area contributed by atoms with Crippen molar-refractivity contribution in [2.24, 2.45) is 11.5 Å². The van der Waals surface area contributed by atoms with E-state index in [1.54, 1.807) is 0 Å². The average Bonchev–Trinajstić information content (AvgIpc) is 4.04. The first-order valence-corrected chi connectivity index (χ1v) is 22.2. The minimum Gasteiger partial charge on any atom is -0.382 e. The summed E-state index contributed by atoms with van der Waals surface area (Å²) in [5.41, 5.74) is 23.9. The Hall–Kier alpha value is -3.52. The molecule has 2 fully saturated rings. The number of anilines is 2. The molecule has 4 unspecified atom stereocenters. The third kappa shape index (κ3) is 12.4. The lowest BCUT2D eigenvalue weighted by molar-refractivity contribution is -0.143. The van der Waals surface area contributed by atoms with Crippen molar-refractivity contribution in [3.63, 3.8) is 0 Å². The van der Waals surface area contributed by atoms with Gasteiger partial charge in [0, 0.05) is 27.3 Å². The lowest BCUT2D eigenvalue weighted by Crippen LogP contribution is -2.39. The zero-order chi connectivity index (χ0) is 45.0. The van der Waals surface area contributed by atoms with Crippen LogP contribution < -0.4 is 22.9 Å². The van der Waals surface area contributed by atoms with Crippen LogP contribution >= 0.6 is 15.6 Å². The Kier molecular flexibility index (Phi) is 17.9. The summed E-state index contributed by atoms with van der Waals surface area (Å²) in [6.45, 7) is 0.171. The maximum absolute atomic E-state index is 14.0. The Bertz CT molecular complexity index is 2140. The molecule has 29 nitrogen and oxygen atoms in total. The largest absolute Gasteiger partial charge is 0.472 e. The third-order valence-corrected chi connectivity index (χ3v) is 11.3. The number of nitrogens with zero attached hydrogens (tertiary/aromatic N) is 8. The van der Waals surface area contributed by atoms with Gasteiger partial charge in [-0.1, -0.05) is 0 Å². The predicted molar refractivity (Wildman–Crippen MR) is 213 cm³/mol. The highest BCUT2D eigenvalue weighted by Crippen LogP contribution is 2.52. The molecule has 0 saturated carbocycles. The number of methoxy groups -OCH3 is 1. The second-order valence-electron chi connectivity index (χ2n) is 13.4. The van der Waals surface area contributed by atoms with E-state index in [2.05, 4.69) is 29.9 Å². The van der Waals surface area contributed by atoms with Gasteiger partial charge in [-0.2, -0.15) is 0 Å². The van der Waals surface area contributed by atoms with Crippen molar-refractivity contribution in [2.75, 3.05) is 105 Å². The van der Waals surface area contributed by atoms with E-state index in [1.165, 1.54) is 41.6 Å². The summed E-state index contributed by atoms with van der Waals surface area (Å²) in [4.78, 5) is 47.0. The molecular weight excluding hydrogens is 886 g/mol. The molecule has 2 aliphatic heterocycles. The Morgan fingerprint density at radius 3 is 1.56 bits per heavy atom. The van der Waals surface area contributed by atoms with E-state index >= 15 is 0 Å². The maximum atomic E-state index is 14.0. The number of nitrogen functional groups attached to an aromatic ring is 2. The molecule has 2 saturated heterocycles. The first kappa shape index (κ1) is 48.9. The van der Waals surface area contributed by atoms with Gasteiger partial charge in [-0.05, 0) is 0 Å². The summed E-state index contributed by atoms with van der Waals surface area (Å²) in [5.74, 6) is 0.146. The normalized spacial score (nSPS) is 25.9. The van der Waals surface area contributed by atoms with Crippen molar-refractivity contribution in [3.05, 3.63) is 25.3 Å². The topological polar surface area (TPSA) is 386 Å². The molecule has 6 rings (SSSR count). The van der Waals surface area contributed by atoms with Crippen LogP contribution in [0.2, 0.25) is 0 Å². The molecule has 0 amide bonds. The van der Waals surface area contributed by atoms with Crippen molar-refractivity contribution < 1.29 is 79.6 Å². The van der Waals surface area contributed by atoms with Crippen LogP contribution in [0, 0.1) is 0 Å². The van der Waals surface area contributed by atoms with E-state index < -0.39 is 78.1 Å². The van der Waals surface area contributed by atoms with E-state index in [9.17, 15) is 18.9 Å². The van der Waals surface area contributed by atoms with Crippen molar-refractivity contribution >= 4 is 49.6 Å². The van der Waals surface area contributed by atoms with Crippen LogP contribution in [0.4, 0.5) is 11.6 Å². The van der Waals surface area contributed by atoms with Gasteiger partial charge in [-0.15, -0.1) is 0 Å². The monoisotopic (exact) mass is 938 g/mol. The van der Waals surface area contributed by atoms with E-state index in [0.29, 0.717) is 26.3 Å². The highest BCUT2D eigenvalue weighted by Gasteiger charge is 2.54. The molecule has 4 aromatic heterocycles. The molecule has 31 heteroatoms. The summed E-state index contributed by atoms with van der Waals surface area (Å²) in [7, 11) is -7.67. The Balaban J connectivity index is 1.24. The van der Waals surface area contributed by atoms with Crippen LogP contribution in [0.25, 0.3) is 22.3 Å². The third-order valence-electron chi connectivity index (χ3n) is 9.32. The van der Waals surface area contributed by atoms with Crippen LogP contribution in [-0.4, -0.2) is 179 Å². The molecule has 4 aromatic rings. The number of hydrogen-bond donors (Lipinski definition) is 6. The molecule has 0 aliphatic carbocycles. The van der Waals surface area contributed by atoms with Gasteiger partial charge in [0.2, 0.25) is 0 Å². The second kappa shape index (κ2) is 23.1. The molecular formula is C32H52N12O17P2. The lowest BCUT2D eigenvalue weighted by atomic mass is 10.1. The Morgan fingerprint density at radius 2 is 1.10 bits per heavy atom. The molecule has 10 atom stereocenters. The fourth-order valence-corrected chi connectivity index (χ4v) is 8.15. The molecule has 63 heavy (non-hydrogen) atoms. The van der Waals surface area contributed by atoms with Crippen LogP contribution in [0.15, 0.2) is 25.3 Å². The fraction of sp³-hybridized carbons (Fsp3) is 0.688. The zero-order valence-electron chi connectivity index (χ0n) is 34.2. The number of ether oxygens (including phenoxy) is 9. The van der Waals surface area contributed by atoms with Gasteiger partial charge < -0.3 is 75.4 Å². The average molecular weight is 939 g/mol. The highest BCUT2D eigenvalue weighted by molar-refractivity contribution is 7.47. The quantitative estimate of drug-likeness (QED) is 0.0216. The van der Waals surface area contributed by atoms with Crippen molar-refractivity contribution in [1.82, 2.24) is 39.0 Å². The Labute approximate surface area is 359 Å². The van der Waals surface area contributed by atoms with Gasteiger partial charge in [0.15, 0.2) is 35.4 Å². The van der Waals surface area contributed by atoms with Crippen molar-refractivity contribution in [3.8, 4) is 0 Å². The van der Waals surface area contributed by atoms with Gasteiger partial charge in [0.05, 0.1) is 65.5 Å². The molecule has 0 bridgehead atoms. The smallest absolute Gasteiger partial charge is 0.382 e. The molecule has 6 heterocycles. The van der Waals surface area contributed by atoms with Crippen molar-refractivity contribution in [2.45, 2.75) is 49.1 Å². The zero-order valence-corrected chi connectivity index (χ0v) is 36.0. The Morgan fingerprint density at radius 1 is 0.635 bits per heavy atom. The number of hydrogen-bond acceptors (Lipinski definition) is 25.